The van der Waals surface area contributed by atoms with Gasteiger partial charge in [0.2, 0.25) is 0 Å². The summed E-state index contributed by atoms with van der Waals surface area (Å²) in [7, 11) is 0. The second-order valence-corrected chi connectivity index (χ2v) is 17.9. The van der Waals surface area contributed by atoms with Crippen LogP contribution in [0.1, 0.15) is 290 Å². The Balaban J connectivity index is -0.000000411. The third-order valence-electron chi connectivity index (χ3n) is 11.4. The summed E-state index contributed by atoms with van der Waals surface area (Å²) in [5, 5.41) is 48.5. The zero-order chi connectivity index (χ0) is 46.4. The van der Waals surface area contributed by atoms with Crippen LogP contribution in [0.25, 0.3) is 0 Å². The van der Waals surface area contributed by atoms with Gasteiger partial charge in [0.25, 0.3) is 0 Å². The van der Waals surface area contributed by atoms with Crippen LogP contribution in [0.15, 0.2) is 24.3 Å². The van der Waals surface area contributed by atoms with Gasteiger partial charge in [0, 0.05) is 18.4 Å². The van der Waals surface area contributed by atoms with Gasteiger partial charge in [-0.05, 0) is 83.5 Å². The molecule has 0 spiro atoms. The van der Waals surface area contributed by atoms with Crippen LogP contribution in [-0.2, 0) is 33.9 Å². The monoisotopic (exact) mass is 943 g/mol. The first kappa shape index (κ1) is 68.0. The summed E-state index contributed by atoms with van der Waals surface area (Å²) < 4.78 is 0. The molecule has 0 aromatic carbocycles. The molecule has 0 aliphatic carbocycles. The standard InChI is InChI=1S/2C18H34O3.C18H36O2.Zn/c2*1-2-3-4-11-14-17(19)15-12-9-7-5-6-8-10-13-16-18(20)21;1-2-3-4-5-6-7-8-9-10-11-12-13-14-15-16-17-18(19)20;/h2*9,12,17,19H,2-8,10-11,13-16H2,1H3,(H,20,21);2-17H2,1H3,(H,19,20);/q;;;+2/p-2/b2*12-9-;;/t2*17-;;/m11../s1. The average Bonchev–Trinajstić information content (AvgIpc) is 3.24. The Labute approximate surface area is 402 Å². The van der Waals surface area contributed by atoms with Crippen LogP contribution in [0.5, 0.6) is 0 Å². The molecular formula is C54H102O8Zn. The molecular weight excluding hydrogens is 842 g/mol. The second-order valence-electron chi connectivity index (χ2n) is 17.9. The van der Waals surface area contributed by atoms with Crippen molar-refractivity contribution in [2.24, 2.45) is 0 Å². The topological polar surface area (TPSA) is 158 Å². The summed E-state index contributed by atoms with van der Waals surface area (Å²) in [6.07, 6.45) is 54.2. The molecule has 8 nitrogen and oxygen atoms in total. The van der Waals surface area contributed by atoms with Crippen LogP contribution in [0, 0.1) is 0 Å². The van der Waals surface area contributed by atoms with Gasteiger partial charge >= 0.3 is 25.4 Å². The van der Waals surface area contributed by atoms with Crippen molar-refractivity contribution in [1.82, 2.24) is 0 Å². The van der Waals surface area contributed by atoms with E-state index in [0.717, 1.165) is 128 Å². The predicted molar refractivity (Wildman–Crippen MR) is 259 cm³/mol. The average molecular weight is 945 g/mol. The molecule has 0 rings (SSSR count). The van der Waals surface area contributed by atoms with E-state index in [0.29, 0.717) is 6.42 Å². The number of aliphatic hydroxyl groups excluding tert-OH is 2. The van der Waals surface area contributed by atoms with Crippen molar-refractivity contribution in [2.45, 2.75) is 303 Å². The summed E-state index contributed by atoms with van der Waals surface area (Å²) >= 11 is 0. The number of rotatable bonds is 46. The molecule has 0 aliphatic rings. The number of aliphatic carboxylic acids is 3. The van der Waals surface area contributed by atoms with E-state index in [4.69, 9.17) is 5.11 Å². The largest absolute Gasteiger partial charge is 2.00 e. The summed E-state index contributed by atoms with van der Waals surface area (Å²) in [4.78, 5) is 30.8. The van der Waals surface area contributed by atoms with Crippen molar-refractivity contribution >= 4 is 17.9 Å². The van der Waals surface area contributed by atoms with E-state index >= 15 is 0 Å². The summed E-state index contributed by atoms with van der Waals surface area (Å²) in [5.74, 6) is -2.53. The van der Waals surface area contributed by atoms with Gasteiger partial charge in [0.15, 0.2) is 0 Å². The van der Waals surface area contributed by atoms with Gasteiger partial charge in [-0.15, -0.1) is 0 Å². The molecule has 3 N–H and O–H groups in total. The van der Waals surface area contributed by atoms with Gasteiger partial charge in [-0.2, -0.15) is 0 Å². The fraction of sp³-hybridized carbons (Fsp3) is 0.870. The van der Waals surface area contributed by atoms with E-state index in [1.165, 1.54) is 122 Å². The molecule has 0 amide bonds. The first-order chi connectivity index (χ1) is 30.1. The fourth-order valence-corrected chi connectivity index (χ4v) is 7.36. The Bertz CT molecular complexity index is 917. The fourth-order valence-electron chi connectivity index (χ4n) is 7.36. The maximum Gasteiger partial charge on any atom is 2.00 e. The molecule has 0 unspecified atom stereocenters. The SMILES string of the molecule is CCCCCCCCCCCCCCCCCC(=O)O.CCCCCC[C@@H](O)C/C=C\CCCCCCCC(=O)[O-].CCCCCC[C@@H](O)C/C=C\CCCCCCCC(=O)[O-].[Zn+2]. The van der Waals surface area contributed by atoms with Crippen LogP contribution in [0.2, 0.25) is 0 Å². The van der Waals surface area contributed by atoms with Crippen LogP contribution in [-0.4, -0.2) is 45.4 Å². The molecule has 0 bridgehead atoms. The summed E-state index contributed by atoms with van der Waals surface area (Å²) in [6, 6.07) is 0. The van der Waals surface area contributed by atoms with Crippen molar-refractivity contribution in [3.63, 3.8) is 0 Å². The molecule has 0 aliphatic heterocycles. The van der Waals surface area contributed by atoms with Crippen LogP contribution in [0.4, 0.5) is 0 Å². The van der Waals surface area contributed by atoms with E-state index in [1.54, 1.807) is 0 Å². The molecule has 0 heterocycles. The molecule has 0 fully saturated rings. The maximum atomic E-state index is 10.3. The Morgan fingerprint density at radius 3 is 0.921 bits per heavy atom. The molecule has 0 aromatic rings. The number of unbranched alkanes of at least 4 members (excludes halogenated alkanes) is 30. The van der Waals surface area contributed by atoms with E-state index in [2.05, 4.69) is 45.1 Å². The van der Waals surface area contributed by atoms with Gasteiger partial charge in [0.05, 0.1) is 12.2 Å². The maximum absolute atomic E-state index is 10.3. The van der Waals surface area contributed by atoms with Crippen LogP contribution >= 0.6 is 0 Å². The third kappa shape index (κ3) is 72.3. The minimum Gasteiger partial charge on any atom is -0.550 e. The number of allylic oxidation sites excluding steroid dienone is 2. The first-order valence-corrected chi connectivity index (χ1v) is 26.4. The van der Waals surface area contributed by atoms with Gasteiger partial charge < -0.3 is 35.1 Å². The third-order valence-corrected chi connectivity index (χ3v) is 11.4. The Morgan fingerprint density at radius 1 is 0.381 bits per heavy atom. The number of carbonyl (C=O) groups is 3. The van der Waals surface area contributed by atoms with Crippen molar-refractivity contribution in [3.05, 3.63) is 24.3 Å². The number of hydrogen-bond acceptors (Lipinski definition) is 7. The Hall–Kier alpha value is -1.57. The number of carboxylic acids is 3. The predicted octanol–water partition coefficient (Wildman–Crippen LogP) is 13.8. The van der Waals surface area contributed by atoms with E-state index in [9.17, 15) is 34.8 Å². The van der Waals surface area contributed by atoms with Gasteiger partial charge in [0.1, 0.15) is 0 Å². The van der Waals surface area contributed by atoms with E-state index in [1.807, 2.05) is 0 Å². The number of carbonyl (C=O) groups excluding carboxylic acids is 2. The number of hydrogen-bond donors (Lipinski definition) is 3. The molecule has 63 heavy (non-hydrogen) atoms. The second kappa shape index (κ2) is 60.4. The molecule has 9 heteroatoms. The molecule has 368 valence electrons. The van der Waals surface area contributed by atoms with Crippen molar-refractivity contribution in [2.75, 3.05) is 0 Å². The van der Waals surface area contributed by atoms with Crippen molar-refractivity contribution in [3.8, 4) is 0 Å². The van der Waals surface area contributed by atoms with E-state index in [-0.39, 0.29) is 44.5 Å². The molecule has 0 saturated carbocycles. The quantitative estimate of drug-likeness (QED) is 0.0309. The first-order valence-electron chi connectivity index (χ1n) is 26.4. The smallest absolute Gasteiger partial charge is 0.550 e. The van der Waals surface area contributed by atoms with Crippen LogP contribution in [0.3, 0.4) is 0 Å². The van der Waals surface area contributed by atoms with Crippen LogP contribution < -0.4 is 10.2 Å². The normalized spacial score (nSPS) is 12.0. The number of carboxylic acid groups (broad SMARTS) is 3. The summed E-state index contributed by atoms with van der Waals surface area (Å²) in [5.41, 5.74) is 0. The zero-order valence-electron chi connectivity index (χ0n) is 41.8. The Morgan fingerprint density at radius 2 is 0.635 bits per heavy atom. The Kier molecular flexibility index (Phi) is 65.2. The molecule has 0 saturated heterocycles. The molecule has 2 atom stereocenters. The molecule has 0 aromatic heterocycles. The van der Waals surface area contributed by atoms with Gasteiger partial charge in [-0.1, -0.05) is 225 Å². The van der Waals surface area contributed by atoms with Crippen molar-refractivity contribution in [1.29, 1.82) is 0 Å². The summed E-state index contributed by atoms with van der Waals surface area (Å²) in [6.45, 7) is 6.66. The minimum atomic E-state index is -0.939. The molecule has 0 radical (unpaired) electrons. The van der Waals surface area contributed by atoms with Crippen molar-refractivity contribution < 1.29 is 59.4 Å². The van der Waals surface area contributed by atoms with Gasteiger partial charge in [-0.25, -0.2) is 0 Å². The number of aliphatic hydroxyl groups is 2. The zero-order valence-corrected chi connectivity index (χ0v) is 44.7. The van der Waals surface area contributed by atoms with E-state index < -0.39 is 17.9 Å². The minimum absolute atomic E-state index is 0. The van der Waals surface area contributed by atoms with Gasteiger partial charge in [-0.3, -0.25) is 4.79 Å².